The number of nitrogens with one attached hydrogen (secondary N) is 2. The van der Waals surface area contributed by atoms with Gasteiger partial charge in [-0.15, -0.1) is 6.58 Å². The Kier molecular flexibility index (Phi) is 6.25. The van der Waals surface area contributed by atoms with Crippen LogP contribution in [0.4, 0.5) is 4.79 Å². The van der Waals surface area contributed by atoms with E-state index < -0.39 is 12.0 Å². The van der Waals surface area contributed by atoms with Crippen LogP contribution in [0.2, 0.25) is 0 Å². The number of rotatable bonds is 5. The van der Waals surface area contributed by atoms with Gasteiger partial charge in [-0.25, -0.2) is 9.59 Å². The highest BCUT2D eigenvalue weighted by Crippen LogP contribution is 2.11. The molecule has 0 heterocycles. The molecule has 0 radical (unpaired) electrons. The summed E-state index contributed by atoms with van der Waals surface area (Å²) in [6.07, 6.45) is 1.55. The zero-order valence-corrected chi connectivity index (χ0v) is 11.6. The molecular weight excluding hydrogens is 258 g/mol. The third-order valence-corrected chi connectivity index (χ3v) is 2.42. The van der Waals surface area contributed by atoms with Crippen LogP contribution >= 0.6 is 0 Å². The van der Waals surface area contributed by atoms with E-state index in [-0.39, 0.29) is 6.04 Å². The van der Waals surface area contributed by atoms with Crippen molar-refractivity contribution in [3.8, 4) is 0 Å². The molecule has 0 aliphatic heterocycles. The summed E-state index contributed by atoms with van der Waals surface area (Å²) >= 11 is 0. The van der Waals surface area contributed by atoms with Crippen molar-refractivity contribution >= 4 is 12.0 Å². The Labute approximate surface area is 118 Å². The second-order valence-corrected chi connectivity index (χ2v) is 4.11. The molecule has 6 heteroatoms. The first kappa shape index (κ1) is 15.7. The number of urea groups is 1. The Hall–Kier alpha value is -2.34. The van der Waals surface area contributed by atoms with Gasteiger partial charge in [0, 0.05) is 13.5 Å². The van der Waals surface area contributed by atoms with Crippen molar-refractivity contribution in [3.63, 3.8) is 0 Å². The molecule has 0 bridgehead atoms. The quantitative estimate of drug-likeness (QED) is 0.637. The highest BCUT2D eigenvalue weighted by molar-refractivity contribution is 5.75. The fourth-order valence-corrected chi connectivity index (χ4v) is 1.49. The first-order valence-corrected chi connectivity index (χ1v) is 6.23. The van der Waals surface area contributed by atoms with E-state index in [0.29, 0.717) is 6.54 Å². The van der Waals surface area contributed by atoms with Gasteiger partial charge < -0.3 is 10.2 Å². The molecule has 0 saturated carbocycles. The van der Waals surface area contributed by atoms with Gasteiger partial charge in [-0.3, -0.25) is 0 Å². The fraction of sp³-hybridized carbons (Fsp3) is 0.286. The van der Waals surface area contributed by atoms with Crippen molar-refractivity contribution in [2.75, 3.05) is 6.54 Å². The van der Waals surface area contributed by atoms with E-state index in [4.69, 9.17) is 4.84 Å². The standard InChI is InChI=1S/C14H19N3O3/c1-4-10-15-17(20-12(3)18)14(19)16-11(2)13-8-6-5-7-9-13/h4-9,11,15H,1,10H2,2-3H3,(H,16,19). The smallest absolute Gasteiger partial charge is 0.328 e. The van der Waals surface area contributed by atoms with Crippen molar-refractivity contribution < 1.29 is 14.4 Å². The number of hydrogen-bond donors (Lipinski definition) is 2. The third kappa shape index (κ3) is 5.11. The van der Waals surface area contributed by atoms with Crippen molar-refractivity contribution in [1.82, 2.24) is 15.9 Å². The molecule has 0 fully saturated rings. The lowest BCUT2D eigenvalue weighted by atomic mass is 10.1. The van der Waals surface area contributed by atoms with E-state index in [9.17, 15) is 9.59 Å². The SMILES string of the molecule is C=CCNN(OC(C)=O)C(=O)NC(C)c1ccccc1. The summed E-state index contributed by atoms with van der Waals surface area (Å²) < 4.78 is 0. The zero-order chi connectivity index (χ0) is 15.0. The molecule has 1 rings (SSSR count). The second-order valence-electron chi connectivity index (χ2n) is 4.11. The molecule has 2 amide bonds. The fourth-order valence-electron chi connectivity index (χ4n) is 1.49. The van der Waals surface area contributed by atoms with Gasteiger partial charge in [0.1, 0.15) is 0 Å². The topological polar surface area (TPSA) is 70.7 Å². The molecule has 0 spiro atoms. The normalized spacial score (nSPS) is 11.3. The Balaban J connectivity index is 2.64. The van der Waals surface area contributed by atoms with Crippen molar-refractivity contribution in [2.45, 2.75) is 19.9 Å². The summed E-state index contributed by atoms with van der Waals surface area (Å²) in [7, 11) is 0. The minimum atomic E-state index is -0.593. The monoisotopic (exact) mass is 277 g/mol. The largest absolute Gasteiger partial charge is 0.366 e. The number of benzene rings is 1. The molecule has 0 saturated heterocycles. The van der Waals surface area contributed by atoms with Gasteiger partial charge in [-0.05, 0) is 12.5 Å². The summed E-state index contributed by atoms with van der Waals surface area (Å²) in [5, 5.41) is 3.49. The van der Waals surface area contributed by atoms with Crippen molar-refractivity contribution in [2.24, 2.45) is 0 Å². The van der Waals surface area contributed by atoms with Crippen LogP contribution in [0, 0.1) is 0 Å². The van der Waals surface area contributed by atoms with Crippen LogP contribution in [0.15, 0.2) is 43.0 Å². The number of hydrogen-bond acceptors (Lipinski definition) is 4. The minimum absolute atomic E-state index is 0.215. The molecule has 20 heavy (non-hydrogen) atoms. The molecule has 1 aromatic rings. The van der Waals surface area contributed by atoms with Crippen molar-refractivity contribution in [3.05, 3.63) is 48.6 Å². The lowest BCUT2D eigenvalue weighted by Crippen LogP contribution is -2.49. The van der Waals surface area contributed by atoms with Crippen molar-refractivity contribution in [1.29, 1.82) is 0 Å². The van der Waals surface area contributed by atoms with Gasteiger partial charge in [0.05, 0.1) is 6.04 Å². The number of carbonyl (C=O) groups excluding carboxylic acids is 2. The molecule has 1 unspecified atom stereocenters. The first-order chi connectivity index (χ1) is 9.54. The number of amides is 2. The maximum atomic E-state index is 12.0. The predicted octanol–water partition coefficient (Wildman–Crippen LogP) is 1.93. The van der Waals surface area contributed by atoms with E-state index in [1.165, 1.54) is 6.92 Å². The van der Waals surface area contributed by atoms with E-state index in [1.54, 1.807) is 6.08 Å². The molecule has 0 aliphatic rings. The first-order valence-electron chi connectivity index (χ1n) is 6.23. The average Bonchev–Trinajstić information content (AvgIpc) is 2.43. The third-order valence-electron chi connectivity index (χ3n) is 2.42. The van der Waals surface area contributed by atoms with Gasteiger partial charge in [-0.2, -0.15) is 5.43 Å². The molecule has 6 nitrogen and oxygen atoms in total. The maximum absolute atomic E-state index is 12.0. The minimum Gasteiger partial charge on any atom is -0.328 e. The number of carbonyl (C=O) groups is 2. The summed E-state index contributed by atoms with van der Waals surface area (Å²) in [5.74, 6) is -0.593. The Bertz CT molecular complexity index is 462. The summed E-state index contributed by atoms with van der Waals surface area (Å²) in [5.41, 5.74) is 3.57. The van der Waals surface area contributed by atoms with Crippen LogP contribution in [0.3, 0.4) is 0 Å². The van der Waals surface area contributed by atoms with Crippen LogP contribution in [-0.2, 0) is 9.63 Å². The van der Waals surface area contributed by atoms with Gasteiger partial charge in [0.15, 0.2) is 0 Å². The molecule has 0 aromatic heterocycles. The van der Waals surface area contributed by atoms with Gasteiger partial charge in [0.25, 0.3) is 0 Å². The zero-order valence-electron chi connectivity index (χ0n) is 11.6. The number of hydrazine groups is 1. The Morgan fingerprint density at radius 1 is 1.40 bits per heavy atom. The van der Waals surface area contributed by atoms with Crippen LogP contribution in [0.5, 0.6) is 0 Å². The Morgan fingerprint density at radius 2 is 2.05 bits per heavy atom. The van der Waals surface area contributed by atoms with Gasteiger partial charge in [0.2, 0.25) is 0 Å². The molecule has 0 aliphatic carbocycles. The summed E-state index contributed by atoms with van der Waals surface area (Å²) in [6, 6.07) is 8.70. The molecule has 1 atom stereocenters. The van der Waals surface area contributed by atoms with E-state index in [0.717, 1.165) is 10.7 Å². The van der Waals surface area contributed by atoms with Crippen LogP contribution in [0.25, 0.3) is 0 Å². The van der Waals surface area contributed by atoms with Gasteiger partial charge in [-0.1, -0.05) is 41.6 Å². The molecule has 108 valence electrons. The summed E-state index contributed by atoms with van der Waals surface area (Å²) in [4.78, 5) is 27.8. The number of hydroxylamine groups is 1. The Morgan fingerprint density at radius 3 is 2.60 bits per heavy atom. The maximum Gasteiger partial charge on any atom is 0.366 e. The van der Waals surface area contributed by atoms with Crippen LogP contribution in [-0.4, -0.2) is 23.7 Å². The lowest BCUT2D eigenvalue weighted by Gasteiger charge is -2.23. The van der Waals surface area contributed by atoms with Crippen LogP contribution in [0.1, 0.15) is 25.5 Å². The van der Waals surface area contributed by atoms with Crippen LogP contribution < -0.4 is 10.7 Å². The lowest BCUT2D eigenvalue weighted by molar-refractivity contribution is -0.184. The number of nitrogens with zero attached hydrogens (tertiary/aromatic N) is 1. The second kappa shape index (κ2) is 7.96. The van der Waals surface area contributed by atoms with E-state index in [1.807, 2.05) is 37.3 Å². The predicted molar refractivity (Wildman–Crippen MR) is 75.2 cm³/mol. The van der Waals surface area contributed by atoms with E-state index >= 15 is 0 Å². The molecule has 2 N–H and O–H groups in total. The summed E-state index contributed by atoms with van der Waals surface area (Å²) in [6.45, 7) is 6.87. The van der Waals surface area contributed by atoms with E-state index in [2.05, 4.69) is 17.3 Å². The molecule has 1 aromatic carbocycles. The van der Waals surface area contributed by atoms with Gasteiger partial charge >= 0.3 is 12.0 Å². The highest BCUT2D eigenvalue weighted by Gasteiger charge is 2.18. The highest BCUT2D eigenvalue weighted by atomic mass is 16.7. The molecular formula is C14H19N3O3. The average molecular weight is 277 g/mol.